The van der Waals surface area contributed by atoms with Gasteiger partial charge in [0.05, 0.1) is 6.33 Å². The molecule has 9 amide bonds. The molecule has 75 heavy (non-hydrogen) atoms. The topological polar surface area (TPSA) is 365 Å². The summed E-state index contributed by atoms with van der Waals surface area (Å²) in [6.45, 7) is 3.56. The van der Waals surface area contributed by atoms with E-state index in [1.807, 2.05) is 0 Å². The summed E-state index contributed by atoms with van der Waals surface area (Å²) in [7, 11) is 0. The van der Waals surface area contributed by atoms with Crippen molar-refractivity contribution in [2.75, 3.05) is 11.5 Å². The first-order valence-corrected chi connectivity index (χ1v) is 25.2. The van der Waals surface area contributed by atoms with Gasteiger partial charge in [-0.2, -0.15) is 25.3 Å². The molecular weight excluding hydrogens is 1010 g/mol. The largest absolute Gasteiger partial charge is 0.508 e. The zero-order valence-electron chi connectivity index (χ0n) is 41.1. The number of aromatic nitrogens is 2. The molecule has 0 saturated carbocycles. The van der Waals surface area contributed by atoms with E-state index in [2.05, 4.69) is 77.8 Å². The molecule has 14 N–H and O–H groups in total. The van der Waals surface area contributed by atoms with Gasteiger partial charge in [-0.05, 0) is 71.8 Å². The molecule has 1 aromatic heterocycles. The van der Waals surface area contributed by atoms with E-state index in [4.69, 9.17) is 5.73 Å². The minimum atomic E-state index is -1.55. The van der Waals surface area contributed by atoms with Gasteiger partial charge >= 0.3 is 0 Å². The smallest absolute Gasteiger partial charge is 0.244 e. The number of imidazole rings is 1. The SMILES string of the molecule is CC(C)C[C@@H]1NC(=O)[C@H](Cc2ccc(O)cc2)NC(=O)[C@H](CCC(N)=O)NC(=O)[C@H](CS)NC(=O)[C@H](CS)NC(=O)[C@H](Cc2ccc(O)cc2)NC(=O)[C@H](Cc2cnc[nH]2)NC(=O)[C@H](Cc2ccc(O)cc2)NC1=O. The molecule has 0 spiro atoms. The third-order valence-electron chi connectivity index (χ3n) is 11.9. The van der Waals surface area contributed by atoms with Crippen molar-refractivity contribution in [1.82, 2.24) is 52.5 Å². The highest BCUT2D eigenvalue weighted by atomic mass is 32.1. The Balaban J connectivity index is 1.61. The summed E-state index contributed by atoms with van der Waals surface area (Å²) >= 11 is 8.53. The quantitative estimate of drug-likeness (QED) is 0.0627. The van der Waals surface area contributed by atoms with Crippen molar-refractivity contribution in [3.05, 3.63) is 108 Å². The van der Waals surface area contributed by atoms with Gasteiger partial charge in [0, 0.05) is 55.5 Å². The second-order valence-electron chi connectivity index (χ2n) is 18.4. The molecule has 3 aromatic carbocycles. The van der Waals surface area contributed by atoms with E-state index < -0.39 is 108 Å². The number of rotatable bonds is 15. The standard InChI is InChI=1S/C50H63N11O12S2/c1-26(2)17-35-44(67)57-37(19-28-5-11-32(63)12-6-28)46(69)59-39(21-30-22-52-25-53-30)48(71)58-38(20-29-7-13-33(64)14-8-29)47(70)60-41(24-75)50(73)61-40(23-74)49(72)54-34(15-16-42(51)65)43(66)56-36(45(68)55-35)18-27-3-9-31(62)10-4-27/h3-14,22,25-26,34-41,62-64,74-75H,15-21,23-24H2,1-2H3,(H2,51,65)(H,52,53)(H,54,72)(H,55,68)(H,56,66)(H,57,67)(H,58,71)(H,59,69)(H,60,70)(H,61,73)/t34-,35-,36-,37-,38-,39-,40-,41-/m0/s1. The molecule has 5 rings (SSSR count). The van der Waals surface area contributed by atoms with Crippen LogP contribution >= 0.6 is 25.3 Å². The van der Waals surface area contributed by atoms with Gasteiger partial charge < -0.3 is 68.6 Å². The number of carbonyl (C=O) groups excluding carboxylic acids is 9. The lowest BCUT2D eigenvalue weighted by Crippen LogP contribution is -2.62. The first kappa shape index (κ1) is 58.1. The minimum Gasteiger partial charge on any atom is -0.508 e. The van der Waals surface area contributed by atoms with Gasteiger partial charge in [0.25, 0.3) is 0 Å². The molecule has 2 heterocycles. The maximum Gasteiger partial charge on any atom is 0.244 e. The van der Waals surface area contributed by atoms with E-state index >= 15 is 0 Å². The molecule has 0 bridgehead atoms. The number of aromatic hydroxyl groups is 3. The third kappa shape index (κ3) is 18.3. The number of thiol groups is 2. The van der Waals surface area contributed by atoms with Crippen LogP contribution in [0.15, 0.2) is 85.3 Å². The molecular formula is C50H63N11O12S2. The highest BCUT2D eigenvalue weighted by Crippen LogP contribution is 2.17. The first-order chi connectivity index (χ1) is 35.7. The highest BCUT2D eigenvalue weighted by molar-refractivity contribution is 7.80. The summed E-state index contributed by atoms with van der Waals surface area (Å²) in [6.07, 6.45) is 1.11. The number of phenolic OH excluding ortho intramolecular Hbond substituents is 3. The number of amides is 9. The van der Waals surface area contributed by atoms with Crippen LogP contribution in [0.25, 0.3) is 0 Å². The number of nitrogens with two attached hydrogens (primary N) is 1. The lowest BCUT2D eigenvalue weighted by molar-refractivity contribution is -0.136. The predicted octanol–water partition coefficient (Wildman–Crippen LogP) is -1.14. The number of H-pyrrole nitrogens is 1. The van der Waals surface area contributed by atoms with Crippen LogP contribution in [0, 0.1) is 5.92 Å². The maximum absolute atomic E-state index is 14.7. The van der Waals surface area contributed by atoms with E-state index in [1.54, 1.807) is 13.8 Å². The van der Waals surface area contributed by atoms with Crippen LogP contribution in [0.1, 0.15) is 55.5 Å². The summed E-state index contributed by atoms with van der Waals surface area (Å²) in [4.78, 5) is 134. The molecule has 0 radical (unpaired) electrons. The average Bonchev–Trinajstić information content (AvgIpc) is 3.89. The van der Waals surface area contributed by atoms with E-state index in [9.17, 15) is 58.5 Å². The van der Waals surface area contributed by atoms with E-state index in [1.165, 1.54) is 85.3 Å². The van der Waals surface area contributed by atoms with E-state index in [0.717, 1.165) is 0 Å². The predicted molar refractivity (Wildman–Crippen MR) is 279 cm³/mol. The Morgan fingerprint density at radius 3 is 1.13 bits per heavy atom. The van der Waals surface area contributed by atoms with Crippen molar-refractivity contribution >= 4 is 78.4 Å². The molecule has 25 heteroatoms. The third-order valence-corrected chi connectivity index (χ3v) is 12.7. The number of hydrogen-bond acceptors (Lipinski definition) is 15. The average molecular weight is 1070 g/mol. The fourth-order valence-corrected chi connectivity index (χ4v) is 8.40. The number of aromatic amines is 1. The molecule has 0 unspecified atom stereocenters. The number of primary amides is 1. The summed E-state index contributed by atoms with van der Waals surface area (Å²) in [6, 6.07) is 5.45. The fourth-order valence-electron chi connectivity index (χ4n) is 7.88. The molecule has 0 aliphatic carbocycles. The van der Waals surface area contributed by atoms with Gasteiger partial charge in [0.2, 0.25) is 53.2 Å². The highest BCUT2D eigenvalue weighted by Gasteiger charge is 2.36. The Labute approximate surface area is 442 Å². The molecule has 1 aliphatic rings. The van der Waals surface area contributed by atoms with Crippen LogP contribution in [0.5, 0.6) is 17.2 Å². The molecule has 1 aliphatic heterocycles. The molecule has 4 aromatic rings. The van der Waals surface area contributed by atoms with Crippen LogP contribution in [-0.4, -0.2) is 138 Å². The lowest BCUT2D eigenvalue weighted by atomic mass is 9.99. The molecule has 1 saturated heterocycles. The monoisotopic (exact) mass is 1070 g/mol. The summed E-state index contributed by atoms with van der Waals surface area (Å²) in [5, 5.41) is 51.0. The van der Waals surface area contributed by atoms with Crippen molar-refractivity contribution in [2.24, 2.45) is 11.7 Å². The molecule has 23 nitrogen and oxygen atoms in total. The maximum atomic E-state index is 14.7. The fraction of sp³-hybridized carbons (Fsp3) is 0.400. The van der Waals surface area contributed by atoms with Crippen molar-refractivity contribution in [2.45, 2.75) is 107 Å². The molecule has 402 valence electrons. The Hall–Kier alpha value is -7.80. The van der Waals surface area contributed by atoms with Crippen LogP contribution in [-0.2, 0) is 68.8 Å². The van der Waals surface area contributed by atoms with Crippen molar-refractivity contribution < 1.29 is 58.5 Å². The Morgan fingerprint density at radius 2 is 0.800 bits per heavy atom. The molecule has 1 fully saturated rings. The van der Waals surface area contributed by atoms with Crippen molar-refractivity contribution in [3.8, 4) is 17.2 Å². The lowest BCUT2D eigenvalue weighted by Gasteiger charge is -2.29. The second-order valence-corrected chi connectivity index (χ2v) is 19.1. The minimum absolute atomic E-state index is 0.00252. The zero-order valence-corrected chi connectivity index (χ0v) is 42.9. The summed E-state index contributed by atoms with van der Waals surface area (Å²) in [5.41, 5.74) is 7.19. The summed E-state index contributed by atoms with van der Waals surface area (Å²) < 4.78 is 0. The van der Waals surface area contributed by atoms with Gasteiger partial charge in [-0.3, -0.25) is 43.2 Å². The molecule has 8 atom stereocenters. The van der Waals surface area contributed by atoms with Crippen LogP contribution in [0.4, 0.5) is 0 Å². The van der Waals surface area contributed by atoms with Gasteiger partial charge in [0.15, 0.2) is 0 Å². The van der Waals surface area contributed by atoms with Crippen molar-refractivity contribution in [3.63, 3.8) is 0 Å². The number of benzene rings is 3. The van der Waals surface area contributed by atoms with Gasteiger partial charge in [-0.15, -0.1) is 0 Å². The van der Waals surface area contributed by atoms with E-state index in [-0.39, 0.29) is 73.2 Å². The number of nitrogens with one attached hydrogen (secondary N) is 9. The number of nitrogens with zero attached hydrogens (tertiary/aromatic N) is 1. The number of phenols is 3. The number of carbonyl (C=O) groups is 9. The van der Waals surface area contributed by atoms with Gasteiger partial charge in [0.1, 0.15) is 65.6 Å². The van der Waals surface area contributed by atoms with E-state index in [0.29, 0.717) is 22.4 Å². The van der Waals surface area contributed by atoms with Crippen LogP contribution in [0.2, 0.25) is 0 Å². The second kappa shape index (κ2) is 28.0. The van der Waals surface area contributed by atoms with Gasteiger partial charge in [-0.25, -0.2) is 4.98 Å². The number of hydrogen-bond donors (Lipinski definition) is 15. The Bertz CT molecular complexity index is 2620. The first-order valence-electron chi connectivity index (χ1n) is 24.0. The van der Waals surface area contributed by atoms with Crippen LogP contribution < -0.4 is 48.3 Å². The van der Waals surface area contributed by atoms with Crippen LogP contribution in [0.3, 0.4) is 0 Å². The zero-order chi connectivity index (χ0) is 54.8. The normalized spacial score (nSPS) is 23.0. The Morgan fingerprint density at radius 1 is 0.493 bits per heavy atom. The van der Waals surface area contributed by atoms with Gasteiger partial charge in [-0.1, -0.05) is 50.2 Å². The Kier molecular flexibility index (Phi) is 21.7. The van der Waals surface area contributed by atoms with Crippen molar-refractivity contribution in [1.29, 1.82) is 0 Å². The summed E-state index contributed by atoms with van der Waals surface area (Å²) in [5.74, 6) is -9.29.